The van der Waals surface area contributed by atoms with Gasteiger partial charge in [-0.3, -0.25) is 9.59 Å². The predicted octanol–water partition coefficient (Wildman–Crippen LogP) is 0.0178. The first-order chi connectivity index (χ1) is 11.8. The summed E-state index contributed by atoms with van der Waals surface area (Å²) in [5.74, 6) is -0.892. The van der Waals surface area contributed by atoms with E-state index < -0.39 is 18.0 Å². The SMILES string of the molecule is CN[C@@H]1Cn2c3c(c(COC(N)=O)c2[C@@H]1O)C(=O)C(OC)=C(C)C3=O. The van der Waals surface area contributed by atoms with Crippen LogP contribution in [-0.2, 0) is 22.6 Å². The molecule has 1 aromatic heterocycles. The zero-order chi connectivity index (χ0) is 18.5. The molecule has 25 heavy (non-hydrogen) atoms. The highest BCUT2D eigenvalue weighted by Crippen LogP contribution is 2.40. The number of fused-ring (bicyclic) bond motifs is 3. The Morgan fingerprint density at radius 1 is 1.40 bits per heavy atom. The number of amides is 1. The van der Waals surface area contributed by atoms with Gasteiger partial charge in [-0.2, -0.15) is 0 Å². The maximum atomic E-state index is 12.8. The average molecular weight is 349 g/mol. The number of rotatable bonds is 4. The summed E-state index contributed by atoms with van der Waals surface area (Å²) in [5, 5.41) is 13.5. The predicted molar refractivity (Wildman–Crippen MR) is 85.0 cm³/mol. The Labute approximate surface area is 143 Å². The van der Waals surface area contributed by atoms with E-state index in [1.807, 2.05) is 0 Å². The van der Waals surface area contributed by atoms with E-state index in [4.69, 9.17) is 15.2 Å². The number of aromatic nitrogens is 1. The molecule has 0 spiro atoms. The topological polar surface area (TPSA) is 133 Å². The maximum Gasteiger partial charge on any atom is 0.404 e. The van der Waals surface area contributed by atoms with Crippen LogP contribution in [0.5, 0.6) is 0 Å². The Hall–Kier alpha value is -2.65. The highest BCUT2D eigenvalue weighted by atomic mass is 16.5. The molecule has 1 aliphatic carbocycles. The fourth-order valence-corrected chi connectivity index (χ4v) is 3.53. The van der Waals surface area contributed by atoms with Crippen LogP contribution in [0.1, 0.15) is 45.1 Å². The van der Waals surface area contributed by atoms with Gasteiger partial charge in [-0.15, -0.1) is 0 Å². The van der Waals surface area contributed by atoms with Gasteiger partial charge in [-0.1, -0.05) is 0 Å². The van der Waals surface area contributed by atoms with Gasteiger partial charge in [-0.25, -0.2) is 4.79 Å². The molecule has 2 heterocycles. The third kappa shape index (κ3) is 2.35. The van der Waals surface area contributed by atoms with E-state index >= 15 is 0 Å². The van der Waals surface area contributed by atoms with Crippen LogP contribution in [0.25, 0.3) is 0 Å². The van der Waals surface area contributed by atoms with Crippen molar-refractivity contribution in [2.75, 3.05) is 14.2 Å². The Kier molecular flexibility index (Phi) is 4.13. The minimum absolute atomic E-state index is 0.0539. The van der Waals surface area contributed by atoms with Crippen molar-refractivity contribution in [3.63, 3.8) is 0 Å². The quantitative estimate of drug-likeness (QED) is 0.698. The van der Waals surface area contributed by atoms with Crippen molar-refractivity contribution in [1.82, 2.24) is 9.88 Å². The van der Waals surface area contributed by atoms with Crippen LogP contribution >= 0.6 is 0 Å². The number of carbonyl (C=O) groups excluding carboxylic acids is 3. The zero-order valence-electron chi connectivity index (χ0n) is 14.1. The summed E-state index contributed by atoms with van der Waals surface area (Å²) in [7, 11) is 3.00. The molecule has 1 aromatic rings. The minimum atomic E-state index is -1.01. The summed E-state index contributed by atoms with van der Waals surface area (Å²) >= 11 is 0. The number of hydrogen-bond donors (Lipinski definition) is 3. The molecule has 134 valence electrons. The molecule has 0 saturated carbocycles. The molecule has 0 aromatic carbocycles. The Morgan fingerprint density at radius 2 is 2.08 bits per heavy atom. The van der Waals surface area contributed by atoms with Gasteiger partial charge in [0.25, 0.3) is 0 Å². The Morgan fingerprint density at radius 3 is 2.64 bits per heavy atom. The van der Waals surface area contributed by atoms with Gasteiger partial charge in [0, 0.05) is 17.7 Å². The van der Waals surface area contributed by atoms with Crippen molar-refractivity contribution in [3.05, 3.63) is 33.8 Å². The summed E-state index contributed by atoms with van der Waals surface area (Å²) in [4.78, 5) is 36.6. The van der Waals surface area contributed by atoms with Crippen molar-refractivity contribution >= 4 is 17.7 Å². The lowest BCUT2D eigenvalue weighted by Crippen LogP contribution is -2.32. The molecule has 0 radical (unpaired) electrons. The molecule has 2 atom stereocenters. The monoisotopic (exact) mass is 349 g/mol. The lowest BCUT2D eigenvalue weighted by atomic mass is 9.90. The number of ketones is 2. The number of nitrogens with one attached hydrogen (secondary N) is 1. The second-order valence-electron chi connectivity index (χ2n) is 5.96. The molecular formula is C16H19N3O6. The lowest BCUT2D eigenvalue weighted by Gasteiger charge is -2.19. The van der Waals surface area contributed by atoms with Crippen LogP contribution in [0.4, 0.5) is 4.79 Å². The highest BCUT2D eigenvalue weighted by Gasteiger charge is 2.44. The van der Waals surface area contributed by atoms with Crippen molar-refractivity contribution in [1.29, 1.82) is 0 Å². The third-order valence-electron chi connectivity index (χ3n) is 4.71. The summed E-state index contributed by atoms with van der Waals surface area (Å²) in [6.45, 7) is 1.51. The molecule has 9 nitrogen and oxygen atoms in total. The molecule has 2 aliphatic rings. The summed E-state index contributed by atoms with van der Waals surface area (Å²) in [6, 6.07) is -0.330. The zero-order valence-corrected chi connectivity index (χ0v) is 14.1. The van der Waals surface area contributed by atoms with Crippen molar-refractivity contribution in [3.8, 4) is 0 Å². The average Bonchev–Trinajstić information content (AvgIpc) is 3.06. The molecule has 0 bridgehead atoms. The maximum absolute atomic E-state index is 12.8. The van der Waals surface area contributed by atoms with Crippen LogP contribution in [0, 0.1) is 0 Å². The molecule has 0 saturated heterocycles. The van der Waals surface area contributed by atoms with E-state index in [-0.39, 0.29) is 46.6 Å². The van der Waals surface area contributed by atoms with Crippen LogP contribution in [0.3, 0.4) is 0 Å². The lowest BCUT2D eigenvalue weighted by molar-refractivity contribution is 0.0897. The molecule has 9 heteroatoms. The molecule has 1 aliphatic heterocycles. The third-order valence-corrected chi connectivity index (χ3v) is 4.71. The van der Waals surface area contributed by atoms with Gasteiger partial charge in [0.15, 0.2) is 5.76 Å². The van der Waals surface area contributed by atoms with Gasteiger partial charge < -0.3 is 30.2 Å². The first-order valence-corrected chi connectivity index (χ1v) is 7.70. The van der Waals surface area contributed by atoms with Crippen molar-refractivity contribution < 1.29 is 29.0 Å². The second kappa shape index (κ2) is 6.01. The van der Waals surface area contributed by atoms with Crippen LogP contribution < -0.4 is 11.1 Å². The van der Waals surface area contributed by atoms with Gasteiger partial charge in [0.2, 0.25) is 11.6 Å². The minimum Gasteiger partial charge on any atom is -0.492 e. The standard InChI is InChI=1S/C16H19N3O6/c1-6-12(20)11-9(14(22)15(6)24-3)7(5-25-16(17)23)10-13(21)8(18-2)4-19(10)11/h8,13,18,21H,4-5H2,1-3H3,(H2,17,23)/t8-,13-/m1/s1. The van der Waals surface area contributed by atoms with Crippen LogP contribution in [0.15, 0.2) is 11.3 Å². The van der Waals surface area contributed by atoms with Crippen LogP contribution in [-0.4, -0.2) is 47.5 Å². The fourth-order valence-electron chi connectivity index (χ4n) is 3.53. The van der Waals surface area contributed by atoms with Crippen LogP contribution in [0.2, 0.25) is 0 Å². The van der Waals surface area contributed by atoms with E-state index in [2.05, 4.69) is 5.32 Å². The van der Waals surface area contributed by atoms with E-state index in [1.165, 1.54) is 14.0 Å². The Balaban J connectivity index is 2.23. The largest absolute Gasteiger partial charge is 0.492 e. The van der Waals surface area contributed by atoms with Gasteiger partial charge in [-0.05, 0) is 14.0 Å². The number of aliphatic hydroxyl groups is 1. The molecule has 1 amide bonds. The van der Waals surface area contributed by atoms with Gasteiger partial charge in [0.05, 0.1) is 24.4 Å². The molecular weight excluding hydrogens is 330 g/mol. The molecule has 3 rings (SSSR count). The Bertz CT molecular complexity index is 822. The van der Waals surface area contributed by atoms with Gasteiger partial charge >= 0.3 is 6.09 Å². The normalized spacial score (nSPS) is 22.1. The number of aliphatic hydroxyl groups excluding tert-OH is 1. The highest BCUT2D eigenvalue weighted by molar-refractivity contribution is 6.26. The number of ether oxygens (including phenoxy) is 2. The van der Waals surface area contributed by atoms with E-state index in [0.29, 0.717) is 12.2 Å². The second-order valence-corrected chi connectivity index (χ2v) is 5.96. The molecule has 4 N–H and O–H groups in total. The van der Waals surface area contributed by atoms with E-state index in [9.17, 15) is 19.5 Å². The first-order valence-electron chi connectivity index (χ1n) is 7.70. The summed E-state index contributed by atoms with van der Waals surface area (Å²) in [6.07, 6.45) is -1.98. The summed E-state index contributed by atoms with van der Waals surface area (Å²) < 4.78 is 11.5. The molecule has 0 unspecified atom stereocenters. The smallest absolute Gasteiger partial charge is 0.404 e. The number of likely N-dealkylation sites (N-methyl/N-ethyl adjacent to an activating group) is 1. The van der Waals surface area contributed by atoms with Gasteiger partial charge in [0.1, 0.15) is 18.4 Å². The first kappa shape index (κ1) is 17.2. The number of primary amides is 1. The number of carbonyl (C=O) groups is 3. The van der Waals surface area contributed by atoms with E-state index in [0.717, 1.165) is 0 Å². The fraction of sp³-hybridized carbons (Fsp3) is 0.438. The number of Topliss-reactive ketones (excluding diaryl/α,β-unsaturated/α-hetero) is 2. The number of nitrogens with two attached hydrogens (primary N) is 1. The summed E-state index contributed by atoms with van der Waals surface area (Å²) in [5.41, 5.74) is 6.15. The van der Waals surface area contributed by atoms with Crippen molar-refractivity contribution in [2.24, 2.45) is 5.73 Å². The number of hydrogen-bond acceptors (Lipinski definition) is 7. The number of allylic oxidation sites excluding steroid dienone is 2. The molecule has 0 fully saturated rings. The van der Waals surface area contributed by atoms with E-state index in [1.54, 1.807) is 11.6 Å². The number of nitrogens with zero attached hydrogens (tertiary/aromatic N) is 1. The van der Waals surface area contributed by atoms with Crippen molar-refractivity contribution in [2.45, 2.75) is 32.2 Å². The number of methoxy groups -OCH3 is 1.